The number of carbonyl (C=O) groups is 2. The van der Waals surface area contributed by atoms with Crippen molar-refractivity contribution in [2.24, 2.45) is 0 Å². The zero-order valence-corrected chi connectivity index (χ0v) is 12.6. The highest BCUT2D eigenvalue weighted by molar-refractivity contribution is 6.32. The number of allylic oxidation sites excluding steroid dienone is 1. The zero-order valence-electron chi connectivity index (χ0n) is 11.8. The summed E-state index contributed by atoms with van der Waals surface area (Å²) in [5.41, 5.74) is 1.74. The molecule has 2 rings (SSSR count). The number of amides is 1. The lowest BCUT2D eigenvalue weighted by Gasteiger charge is -2.03. The number of phenols is 1. The number of ketones is 1. The Kier molecular flexibility index (Phi) is 4.96. The lowest BCUT2D eigenvalue weighted by Crippen LogP contribution is -2.06. The van der Waals surface area contributed by atoms with Gasteiger partial charge in [-0.3, -0.25) is 9.59 Å². The van der Waals surface area contributed by atoms with E-state index in [1.54, 1.807) is 42.5 Å². The summed E-state index contributed by atoms with van der Waals surface area (Å²) in [4.78, 5) is 23.1. The average Bonchev–Trinajstić information content (AvgIpc) is 2.48. The van der Waals surface area contributed by atoms with E-state index in [4.69, 9.17) is 11.6 Å². The number of carbonyl (C=O) groups excluding carboxylic acids is 2. The van der Waals surface area contributed by atoms with Crippen LogP contribution in [0.25, 0.3) is 6.08 Å². The summed E-state index contributed by atoms with van der Waals surface area (Å²) in [6.07, 6.45) is 3.02. The normalized spacial score (nSPS) is 10.6. The van der Waals surface area contributed by atoms with Crippen LogP contribution in [-0.4, -0.2) is 16.8 Å². The topological polar surface area (TPSA) is 66.4 Å². The maximum absolute atomic E-state index is 12.1. The van der Waals surface area contributed by atoms with E-state index in [-0.39, 0.29) is 22.5 Å². The molecule has 0 aliphatic heterocycles. The third kappa shape index (κ3) is 4.20. The summed E-state index contributed by atoms with van der Waals surface area (Å²) >= 11 is 5.81. The molecule has 0 radical (unpaired) electrons. The number of benzene rings is 2. The minimum absolute atomic E-state index is 0.00634. The first-order valence-corrected chi connectivity index (χ1v) is 6.92. The van der Waals surface area contributed by atoms with Gasteiger partial charge < -0.3 is 10.4 Å². The Labute approximate surface area is 133 Å². The van der Waals surface area contributed by atoms with Gasteiger partial charge in [-0.1, -0.05) is 35.9 Å². The van der Waals surface area contributed by atoms with Crippen LogP contribution in [0.3, 0.4) is 0 Å². The molecular formula is C17H14ClNO3. The molecule has 0 fully saturated rings. The molecule has 0 heterocycles. The molecule has 22 heavy (non-hydrogen) atoms. The second-order valence-electron chi connectivity index (χ2n) is 4.67. The Bertz CT molecular complexity index is 753. The highest BCUT2D eigenvalue weighted by Gasteiger charge is 2.04. The molecule has 0 aliphatic carbocycles. The van der Waals surface area contributed by atoms with Crippen molar-refractivity contribution in [1.82, 2.24) is 0 Å². The van der Waals surface area contributed by atoms with Gasteiger partial charge in [0.25, 0.3) is 0 Å². The summed E-state index contributed by atoms with van der Waals surface area (Å²) < 4.78 is 0. The highest BCUT2D eigenvalue weighted by atomic mass is 35.5. The summed E-state index contributed by atoms with van der Waals surface area (Å²) in [5, 5.41) is 12.2. The van der Waals surface area contributed by atoms with Crippen LogP contribution in [0, 0.1) is 0 Å². The number of halogens is 1. The fraction of sp³-hybridized carbons (Fsp3) is 0.0588. The van der Waals surface area contributed by atoms with Crippen LogP contribution in [0.5, 0.6) is 5.75 Å². The molecule has 0 unspecified atom stereocenters. The fourth-order valence-electron chi connectivity index (χ4n) is 1.85. The maximum Gasteiger partial charge on any atom is 0.221 e. The van der Waals surface area contributed by atoms with E-state index in [0.29, 0.717) is 16.8 Å². The molecule has 2 N–H and O–H groups in total. The van der Waals surface area contributed by atoms with Gasteiger partial charge in [-0.05, 0) is 35.9 Å². The van der Waals surface area contributed by atoms with Gasteiger partial charge >= 0.3 is 0 Å². The van der Waals surface area contributed by atoms with E-state index in [9.17, 15) is 14.7 Å². The molecular weight excluding hydrogens is 302 g/mol. The Morgan fingerprint density at radius 2 is 1.95 bits per heavy atom. The van der Waals surface area contributed by atoms with Gasteiger partial charge in [0.05, 0.1) is 5.02 Å². The quantitative estimate of drug-likeness (QED) is 0.664. The largest absolute Gasteiger partial charge is 0.506 e. The first kappa shape index (κ1) is 15.8. The predicted molar refractivity (Wildman–Crippen MR) is 87.2 cm³/mol. The van der Waals surface area contributed by atoms with Crippen LogP contribution in [0.1, 0.15) is 22.8 Å². The van der Waals surface area contributed by atoms with E-state index >= 15 is 0 Å². The Morgan fingerprint density at radius 3 is 2.64 bits per heavy atom. The zero-order chi connectivity index (χ0) is 16.1. The lowest BCUT2D eigenvalue weighted by molar-refractivity contribution is -0.114. The SMILES string of the molecule is CC(=O)Nc1cccc(C(=O)C=Cc2ccc(O)c(Cl)c2)c1. The first-order chi connectivity index (χ1) is 10.5. The lowest BCUT2D eigenvalue weighted by atomic mass is 10.1. The van der Waals surface area contributed by atoms with Crippen molar-refractivity contribution < 1.29 is 14.7 Å². The van der Waals surface area contributed by atoms with E-state index in [1.807, 2.05) is 0 Å². The third-order valence-corrected chi connectivity index (χ3v) is 3.17. The Hall–Kier alpha value is -2.59. The number of aromatic hydroxyl groups is 1. The summed E-state index contributed by atoms with van der Waals surface area (Å²) in [5.74, 6) is -0.400. The molecule has 2 aromatic rings. The number of anilines is 1. The smallest absolute Gasteiger partial charge is 0.221 e. The van der Waals surface area contributed by atoms with Crippen molar-refractivity contribution in [2.75, 3.05) is 5.32 Å². The maximum atomic E-state index is 12.1. The summed E-state index contributed by atoms with van der Waals surface area (Å²) in [7, 11) is 0. The molecule has 0 atom stereocenters. The van der Waals surface area contributed by atoms with E-state index < -0.39 is 0 Å². The molecule has 4 nitrogen and oxygen atoms in total. The number of hydrogen-bond acceptors (Lipinski definition) is 3. The van der Waals surface area contributed by atoms with Crippen molar-refractivity contribution in [1.29, 1.82) is 0 Å². The standard InChI is InChI=1S/C17H14ClNO3/c1-11(20)19-14-4-2-3-13(10-14)16(21)7-5-12-6-8-17(22)15(18)9-12/h2-10,22H,1H3,(H,19,20). The van der Waals surface area contributed by atoms with E-state index in [1.165, 1.54) is 19.1 Å². The molecule has 0 saturated heterocycles. The van der Waals surface area contributed by atoms with Crippen LogP contribution in [0.2, 0.25) is 5.02 Å². The minimum Gasteiger partial charge on any atom is -0.506 e. The number of rotatable bonds is 4. The van der Waals surface area contributed by atoms with Crippen LogP contribution >= 0.6 is 11.6 Å². The Balaban J connectivity index is 2.16. The van der Waals surface area contributed by atoms with Gasteiger partial charge in [0.2, 0.25) is 5.91 Å². The number of phenolic OH excluding ortho intramolecular Hbond substituents is 1. The second-order valence-corrected chi connectivity index (χ2v) is 5.08. The minimum atomic E-state index is -0.198. The highest BCUT2D eigenvalue weighted by Crippen LogP contribution is 2.24. The van der Waals surface area contributed by atoms with Gasteiger partial charge in [-0.15, -0.1) is 0 Å². The summed E-state index contributed by atoms with van der Waals surface area (Å²) in [6.45, 7) is 1.41. The molecule has 0 spiro atoms. The van der Waals surface area contributed by atoms with Crippen LogP contribution in [0.15, 0.2) is 48.5 Å². The molecule has 0 saturated carbocycles. The number of hydrogen-bond donors (Lipinski definition) is 2. The van der Waals surface area contributed by atoms with Crippen LogP contribution in [-0.2, 0) is 4.79 Å². The van der Waals surface area contributed by atoms with Gasteiger partial charge in [0.1, 0.15) is 5.75 Å². The van der Waals surface area contributed by atoms with Crippen molar-refractivity contribution in [3.05, 3.63) is 64.7 Å². The monoisotopic (exact) mass is 315 g/mol. The van der Waals surface area contributed by atoms with Crippen molar-refractivity contribution in [3.63, 3.8) is 0 Å². The molecule has 0 aromatic heterocycles. The summed E-state index contributed by atoms with van der Waals surface area (Å²) in [6, 6.07) is 11.4. The van der Waals surface area contributed by atoms with Gasteiger partial charge in [-0.2, -0.15) is 0 Å². The van der Waals surface area contributed by atoms with Crippen LogP contribution in [0.4, 0.5) is 5.69 Å². The molecule has 2 aromatic carbocycles. The molecule has 1 amide bonds. The molecule has 0 bridgehead atoms. The van der Waals surface area contributed by atoms with Gasteiger partial charge in [0, 0.05) is 18.2 Å². The predicted octanol–water partition coefficient (Wildman–Crippen LogP) is 3.90. The van der Waals surface area contributed by atoms with Gasteiger partial charge in [0.15, 0.2) is 5.78 Å². The van der Waals surface area contributed by atoms with Crippen LogP contribution < -0.4 is 5.32 Å². The average molecular weight is 316 g/mol. The molecule has 0 aliphatic rings. The van der Waals surface area contributed by atoms with E-state index in [2.05, 4.69) is 5.32 Å². The number of nitrogens with one attached hydrogen (secondary N) is 1. The fourth-order valence-corrected chi connectivity index (χ4v) is 2.04. The molecule has 5 heteroatoms. The van der Waals surface area contributed by atoms with Gasteiger partial charge in [-0.25, -0.2) is 0 Å². The van der Waals surface area contributed by atoms with E-state index in [0.717, 1.165) is 0 Å². The second kappa shape index (κ2) is 6.91. The van der Waals surface area contributed by atoms with Crippen molar-refractivity contribution in [3.8, 4) is 5.75 Å². The van der Waals surface area contributed by atoms with Crippen molar-refractivity contribution >= 4 is 35.1 Å². The van der Waals surface area contributed by atoms with Crippen molar-refractivity contribution in [2.45, 2.75) is 6.92 Å². The molecule has 112 valence electrons. The third-order valence-electron chi connectivity index (χ3n) is 2.87. The first-order valence-electron chi connectivity index (χ1n) is 6.54. The Morgan fingerprint density at radius 1 is 1.18 bits per heavy atom.